The van der Waals surface area contributed by atoms with Gasteiger partial charge in [-0.3, -0.25) is 0 Å². The average molecular weight is 269 g/mol. The van der Waals surface area contributed by atoms with Gasteiger partial charge in [-0.2, -0.15) is 5.06 Å². The summed E-state index contributed by atoms with van der Waals surface area (Å²) in [5.74, 6) is 1.19. The average Bonchev–Trinajstić information content (AvgIpc) is 2.35. The lowest BCUT2D eigenvalue weighted by Crippen LogP contribution is -2.48. The Morgan fingerprint density at radius 3 is 2.05 bits per heavy atom. The Kier molecular flexibility index (Phi) is 4.15. The van der Waals surface area contributed by atoms with Crippen LogP contribution in [0.15, 0.2) is 12.3 Å². The molecular formula is C16H31NO2. The van der Waals surface area contributed by atoms with E-state index in [4.69, 9.17) is 4.74 Å². The summed E-state index contributed by atoms with van der Waals surface area (Å²) in [7, 11) is 1.67. The molecule has 1 aliphatic rings. The molecule has 0 aromatic carbocycles. The van der Waals surface area contributed by atoms with Crippen LogP contribution >= 0.6 is 0 Å². The van der Waals surface area contributed by atoms with Gasteiger partial charge in [0.1, 0.15) is 0 Å². The number of hydrogen-bond donors (Lipinski definition) is 1. The van der Waals surface area contributed by atoms with Crippen LogP contribution in [0, 0.1) is 17.3 Å². The molecule has 1 aliphatic heterocycles. The standard InChI is InChI=1S/C16H31NO2/c1-11(19-9)13-12(10-14(2,3)4)15(5,6)17(18)16(13,7)8/h12-13,18H,1,10H2,2-9H3. The molecular weight excluding hydrogens is 238 g/mol. The Labute approximate surface area is 118 Å². The van der Waals surface area contributed by atoms with E-state index in [1.54, 1.807) is 7.11 Å². The number of rotatable bonds is 3. The van der Waals surface area contributed by atoms with Crippen LogP contribution in [-0.4, -0.2) is 28.5 Å². The van der Waals surface area contributed by atoms with Crippen molar-refractivity contribution >= 4 is 0 Å². The molecule has 1 rings (SSSR count). The summed E-state index contributed by atoms with van der Waals surface area (Å²) in [6, 6.07) is 0. The van der Waals surface area contributed by atoms with Crippen molar-refractivity contribution in [2.24, 2.45) is 17.3 Å². The Balaban J connectivity index is 3.24. The molecule has 2 unspecified atom stereocenters. The lowest BCUT2D eigenvalue weighted by molar-refractivity contribution is -0.200. The van der Waals surface area contributed by atoms with Crippen molar-refractivity contribution in [1.82, 2.24) is 5.06 Å². The number of hydroxylamine groups is 2. The number of methoxy groups -OCH3 is 1. The van der Waals surface area contributed by atoms with Crippen molar-refractivity contribution in [2.75, 3.05) is 7.11 Å². The second kappa shape index (κ2) is 4.78. The minimum atomic E-state index is -0.369. The summed E-state index contributed by atoms with van der Waals surface area (Å²) in [6.07, 6.45) is 1.02. The van der Waals surface area contributed by atoms with Crippen molar-refractivity contribution in [2.45, 2.75) is 66.0 Å². The van der Waals surface area contributed by atoms with Crippen LogP contribution in [-0.2, 0) is 4.74 Å². The summed E-state index contributed by atoms with van der Waals surface area (Å²) in [5, 5.41) is 12.1. The molecule has 3 heteroatoms. The Morgan fingerprint density at radius 2 is 1.68 bits per heavy atom. The third-order valence-corrected chi connectivity index (χ3v) is 4.60. The van der Waals surface area contributed by atoms with Crippen molar-refractivity contribution in [1.29, 1.82) is 0 Å². The van der Waals surface area contributed by atoms with Gasteiger partial charge in [-0.1, -0.05) is 27.4 Å². The van der Waals surface area contributed by atoms with Gasteiger partial charge in [0.25, 0.3) is 0 Å². The summed E-state index contributed by atoms with van der Waals surface area (Å²) in [6.45, 7) is 19.1. The molecule has 1 saturated heterocycles. The molecule has 0 saturated carbocycles. The molecule has 0 aromatic rings. The fourth-order valence-corrected chi connectivity index (χ4v) is 3.70. The Morgan fingerprint density at radius 1 is 1.21 bits per heavy atom. The number of hydrogen-bond acceptors (Lipinski definition) is 3. The van der Waals surface area contributed by atoms with Crippen LogP contribution < -0.4 is 0 Å². The summed E-state index contributed by atoms with van der Waals surface area (Å²) in [5.41, 5.74) is -0.453. The summed E-state index contributed by atoms with van der Waals surface area (Å²) < 4.78 is 5.42. The third-order valence-electron chi connectivity index (χ3n) is 4.60. The predicted octanol–water partition coefficient (Wildman–Crippen LogP) is 4.08. The van der Waals surface area contributed by atoms with Crippen LogP contribution in [0.4, 0.5) is 0 Å². The first-order valence-electron chi connectivity index (χ1n) is 7.07. The fraction of sp³-hybridized carbons (Fsp3) is 0.875. The highest BCUT2D eigenvalue weighted by Crippen LogP contribution is 2.54. The van der Waals surface area contributed by atoms with Gasteiger partial charge in [0.2, 0.25) is 0 Å². The van der Waals surface area contributed by atoms with E-state index in [-0.39, 0.29) is 22.4 Å². The lowest BCUT2D eigenvalue weighted by atomic mass is 9.69. The zero-order valence-corrected chi connectivity index (χ0v) is 13.9. The molecule has 3 nitrogen and oxygen atoms in total. The molecule has 0 spiro atoms. The zero-order valence-electron chi connectivity index (χ0n) is 13.9. The third kappa shape index (κ3) is 2.82. The molecule has 0 bridgehead atoms. The quantitative estimate of drug-likeness (QED) is 0.784. The Bertz CT molecular complexity index is 352. The van der Waals surface area contributed by atoms with Crippen LogP contribution in [0.5, 0.6) is 0 Å². The van der Waals surface area contributed by atoms with E-state index >= 15 is 0 Å². The van der Waals surface area contributed by atoms with E-state index in [0.29, 0.717) is 5.92 Å². The zero-order chi connectivity index (χ0) is 15.2. The molecule has 0 aromatic heterocycles. The first-order valence-corrected chi connectivity index (χ1v) is 7.07. The normalized spacial score (nSPS) is 30.4. The van der Waals surface area contributed by atoms with E-state index < -0.39 is 0 Å². The van der Waals surface area contributed by atoms with Crippen LogP contribution in [0.1, 0.15) is 54.9 Å². The van der Waals surface area contributed by atoms with E-state index in [9.17, 15) is 5.21 Å². The molecule has 0 amide bonds. The molecule has 0 aliphatic carbocycles. The van der Waals surface area contributed by atoms with E-state index in [2.05, 4.69) is 55.0 Å². The minimum Gasteiger partial charge on any atom is -0.501 e. The van der Waals surface area contributed by atoms with Crippen LogP contribution in [0.2, 0.25) is 0 Å². The molecule has 19 heavy (non-hydrogen) atoms. The highest BCUT2D eigenvalue weighted by atomic mass is 16.5. The SMILES string of the molecule is C=C(OC)C1C(CC(C)(C)C)C(C)(C)N(O)C1(C)C. The van der Waals surface area contributed by atoms with Crippen molar-refractivity contribution in [3.05, 3.63) is 12.3 Å². The highest BCUT2D eigenvalue weighted by Gasteiger charge is 2.59. The van der Waals surface area contributed by atoms with Gasteiger partial charge in [-0.05, 0) is 45.4 Å². The Hall–Kier alpha value is -0.540. The molecule has 0 radical (unpaired) electrons. The lowest BCUT2D eigenvalue weighted by Gasteiger charge is -2.37. The summed E-state index contributed by atoms with van der Waals surface area (Å²) in [4.78, 5) is 0. The fourth-order valence-electron chi connectivity index (χ4n) is 3.70. The van der Waals surface area contributed by atoms with Crippen molar-refractivity contribution in [3.63, 3.8) is 0 Å². The van der Waals surface area contributed by atoms with Gasteiger partial charge >= 0.3 is 0 Å². The maximum atomic E-state index is 10.6. The first kappa shape index (κ1) is 16.5. The van der Waals surface area contributed by atoms with Crippen molar-refractivity contribution < 1.29 is 9.94 Å². The van der Waals surface area contributed by atoms with E-state index in [1.807, 2.05) is 0 Å². The van der Waals surface area contributed by atoms with Gasteiger partial charge in [-0.15, -0.1) is 0 Å². The molecule has 1 fully saturated rings. The largest absolute Gasteiger partial charge is 0.501 e. The van der Waals surface area contributed by atoms with Crippen LogP contribution in [0.25, 0.3) is 0 Å². The number of nitrogens with zero attached hydrogens (tertiary/aromatic N) is 1. The van der Waals surface area contributed by atoms with Crippen molar-refractivity contribution in [3.8, 4) is 0 Å². The topological polar surface area (TPSA) is 32.7 Å². The van der Waals surface area contributed by atoms with E-state index in [0.717, 1.165) is 12.2 Å². The van der Waals surface area contributed by atoms with Gasteiger partial charge in [0.15, 0.2) is 0 Å². The van der Waals surface area contributed by atoms with Gasteiger partial charge in [0.05, 0.1) is 18.4 Å². The minimum absolute atomic E-state index is 0.122. The highest BCUT2D eigenvalue weighted by molar-refractivity contribution is 5.16. The second-order valence-corrected chi connectivity index (χ2v) is 8.14. The van der Waals surface area contributed by atoms with Gasteiger partial charge < -0.3 is 9.94 Å². The molecule has 1 N–H and O–H groups in total. The maximum absolute atomic E-state index is 10.6. The summed E-state index contributed by atoms with van der Waals surface area (Å²) >= 11 is 0. The second-order valence-electron chi connectivity index (χ2n) is 8.14. The predicted molar refractivity (Wildman–Crippen MR) is 79.0 cm³/mol. The first-order chi connectivity index (χ1) is 8.35. The molecule has 1 heterocycles. The van der Waals surface area contributed by atoms with Gasteiger partial charge in [-0.25, -0.2) is 0 Å². The smallest absolute Gasteiger partial charge is 0.0937 e. The van der Waals surface area contributed by atoms with E-state index in [1.165, 1.54) is 5.06 Å². The number of ether oxygens (including phenoxy) is 1. The molecule has 112 valence electrons. The van der Waals surface area contributed by atoms with Gasteiger partial charge in [0, 0.05) is 11.5 Å². The molecule has 2 atom stereocenters. The monoisotopic (exact) mass is 269 g/mol. The van der Waals surface area contributed by atoms with Crippen LogP contribution in [0.3, 0.4) is 0 Å². The maximum Gasteiger partial charge on any atom is 0.0937 e.